The van der Waals surface area contributed by atoms with Crippen LogP contribution in [0, 0.1) is 0 Å². The van der Waals surface area contributed by atoms with E-state index in [4.69, 9.17) is 18.9 Å². The van der Waals surface area contributed by atoms with Crippen LogP contribution < -0.4 is 0 Å². The van der Waals surface area contributed by atoms with Crippen LogP contribution in [-0.2, 0) is 18.9 Å². The first-order valence-electron chi connectivity index (χ1n) is 14.5. The third-order valence-corrected chi connectivity index (χ3v) is 6.13. The molecule has 0 rings (SSSR count). The molecule has 0 saturated carbocycles. The van der Waals surface area contributed by atoms with Crippen LogP contribution in [0.5, 0.6) is 0 Å². The van der Waals surface area contributed by atoms with E-state index in [0.29, 0.717) is 19.8 Å². The molecule has 0 N–H and O–H groups in total. The van der Waals surface area contributed by atoms with Crippen LogP contribution in [0.3, 0.4) is 0 Å². The highest BCUT2D eigenvalue weighted by Crippen LogP contribution is 2.10. The van der Waals surface area contributed by atoms with Crippen molar-refractivity contribution in [2.75, 3.05) is 33.0 Å². The zero-order valence-corrected chi connectivity index (χ0v) is 23.2. The molecule has 3 unspecified atom stereocenters. The molecular formula is C29H60O4. The third kappa shape index (κ3) is 26.3. The van der Waals surface area contributed by atoms with Gasteiger partial charge in [-0.05, 0) is 33.6 Å². The largest absolute Gasteiger partial charge is 0.379 e. The van der Waals surface area contributed by atoms with Gasteiger partial charge >= 0.3 is 0 Å². The van der Waals surface area contributed by atoms with Gasteiger partial charge in [-0.15, -0.1) is 0 Å². The molecule has 0 fully saturated rings. The van der Waals surface area contributed by atoms with Gasteiger partial charge in [-0.1, -0.05) is 104 Å². The maximum absolute atomic E-state index is 5.90. The van der Waals surface area contributed by atoms with Gasteiger partial charge in [-0.25, -0.2) is 0 Å². The van der Waals surface area contributed by atoms with Gasteiger partial charge in [0.15, 0.2) is 0 Å². The van der Waals surface area contributed by atoms with E-state index >= 15 is 0 Å². The first-order chi connectivity index (χ1) is 16.1. The van der Waals surface area contributed by atoms with E-state index in [2.05, 4.69) is 34.6 Å². The van der Waals surface area contributed by atoms with E-state index < -0.39 is 0 Å². The zero-order valence-electron chi connectivity index (χ0n) is 23.2. The Balaban J connectivity index is 3.42. The number of hydrogen-bond acceptors (Lipinski definition) is 4. The monoisotopic (exact) mass is 472 g/mol. The van der Waals surface area contributed by atoms with Gasteiger partial charge in [0.25, 0.3) is 0 Å². The average Bonchev–Trinajstić information content (AvgIpc) is 2.81. The molecule has 0 aliphatic heterocycles. The quantitative estimate of drug-likeness (QED) is 0.112. The molecule has 200 valence electrons. The summed E-state index contributed by atoms with van der Waals surface area (Å²) in [7, 11) is 0. The molecule has 0 aromatic carbocycles. The normalized spacial score (nSPS) is 14.5. The topological polar surface area (TPSA) is 36.9 Å². The number of rotatable bonds is 27. The fourth-order valence-corrected chi connectivity index (χ4v) is 3.85. The van der Waals surface area contributed by atoms with Gasteiger partial charge in [-0.2, -0.15) is 0 Å². The van der Waals surface area contributed by atoms with Crippen molar-refractivity contribution in [2.24, 2.45) is 0 Å². The standard InChI is InChI=1S/C29H60O4/c1-6-8-10-12-14-16-18-20-22-30-24-27(3)32-26-29(5)33-25-28(4)31-23-21-19-17-15-13-11-9-7-2/h27-29H,6-26H2,1-5H3. The molecule has 0 aromatic rings. The summed E-state index contributed by atoms with van der Waals surface area (Å²) in [5.41, 5.74) is 0. The Morgan fingerprint density at radius 2 is 0.758 bits per heavy atom. The Labute approximate surface area is 207 Å². The zero-order chi connectivity index (χ0) is 24.4. The first kappa shape index (κ1) is 32.8. The maximum atomic E-state index is 5.90. The highest BCUT2D eigenvalue weighted by atomic mass is 16.6. The van der Waals surface area contributed by atoms with E-state index in [1.54, 1.807) is 0 Å². The molecule has 0 bridgehead atoms. The van der Waals surface area contributed by atoms with Crippen LogP contribution in [0.4, 0.5) is 0 Å². The lowest BCUT2D eigenvalue weighted by Gasteiger charge is -2.20. The smallest absolute Gasteiger partial charge is 0.0781 e. The molecule has 0 aliphatic rings. The van der Waals surface area contributed by atoms with Crippen LogP contribution in [0.25, 0.3) is 0 Å². The second-order valence-corrected chi connectivity index (χ2v) is 9.99. The van der Waals surface area contributed by atoms with Crippen LogP contribution in [0.15, 0.2) is 0 Å². The van der Waals surface area contributed by atoms with E-state index in [1.165, 1.54) is 89.9 Å². The van der Waals surface area contributed by atoms with Crippen LogP contribution in [-0.4, -0.2) is 51.3 Å². The number of unbranched alkanes of at least 4 members (excludes halogenated alkanes) is 14. The summed E-state index contributed by atoms with van der Waals surface area (Å²) in [6.07, 6.45) is 21.7. The Morgan fingerprint density at radius 1 is 0.394 bits per heavy atom. The van der Waals surface area contributed by atoms with Crippen molar-refractivity contribution in [1.29, 1.82) is 0 Å². The summed E-state index contributed by atoms with van der Waals surface area (Å²) in [6.45, 7) is 14.4. The van der Waals surface area contributed by atoms with Gasteiger partial charge < -0.3 is 18.9 Å². The Hall–Kier alpha value is -0.160. The predicted octanol–water partition coefficient (Wildman–Crippen LogP) is 8.50. The molecule has 33 heavy (non-hydrogen) atoms. The minimum absolute atomic E-state index is 0.0781. The predicted molar refractivity (Wildman–Crippen MR) is 142 cm³/mol. The number of ether oxygens (including phenoxy) is 4. The first-order valence-corrected chi connectivity index (χ1v) is 14.5. The molecule has 3 atom stereocenters. The minimum atomic E-state index is 0.0781. The van der Waals surface area contributed by atoms with E-state index in [9.17, 15) is 0 Å². The molecule has 0 aromatic heterocycles. The Morgan fingerprint density at radius 3 is 1.24 bits per heavy atom. The molecule has 0 amide bonds. The van der Waals surface area contributed by atoms with Crippen molar-refractivity contribution in [3.05, 3.63) is 0 Å². The van der Waals surface area contributed by atoms with Gasteiger partial charge in [-0.3, -0.25) is 0 Å². The van der Waals surface area contributed by atoms with Crippen molar-refractivity contribution in [2.45, 2.75) is 156 Å². The van der Waals surface area contributed by atoms with E-state index in [0.717, 1.165) is 26.1 Å². The summed E-state index contributed by atoms with van der Waals surface area (Å²) in [4.78, 5) is 0. The average molecular weight is 473 g/mol. The van der Waals surface area contributed by atoms with Crippen LogP contribution in [0.1, 0.15) is 137 Å². The molecular weight excluding hydrogens is 412 g/mol. The van der Waals surface area contributed by atoms with Crippen molar-refractivity contribution in [1.82, 2.24) is 0 Å². The minimum Gasteiger partial charge on any atom is -0.379 e. The van der Waals surface area contributed by atoms with Crippen molar-refractivity contribution in [3.63, 3.8) is 0 Å². The van der Waals surface area contributed by atoms with Gasteiger partial charge in [0, 0.05) is 13.2 Å². The fourth-order valence-electron chi connectivity index (χ4n) is 3.85. The van der Waals surface area contributed by atoms with E-state index in [-0.39, 0.29) is 18.3 Å². The lowest BCUT2D eigenvalue weighted by Crippen LogP contribution is -2.26. The second-order valence-electron chi connectivity index (χ2n) is 9.99. The summed E-state index contributed by atoms with van der Waals surface area (Å²) in [6, 6.07) is 0. The Kier molecular flexibility index (Phi) is 26.3. The second kappa shape index (κ2) is 26.4. The molecule has 0 saturated heterocycles. The van der Waals surface area contributed by atoms with Crippen molar-refractivity contribution < 1.29 is 18.9 Å². The van der Waals surface area contributed by atoms with Gasteiger partial charge in [0.2, 0.25) is 0 Å². The lowest BCUT2D eigenvalue weighted by atomic mass is 10.1. The van der Waals surface area contributed by atoms with Gasteiger partial charge in [0.1, 0.15) is 0 Å². The maximum Gasteiger partial charge on any atom is 0.0781 e. The molecule has 0 aliphatic carbocycles. The highest BCUT2D eigenvalue weighted by molar-refractivity contribution is 4.56. The van der Waals surface area contributed by atoms with Crippen molar-refractivity contribution >= 4 is 0 Å². The summed E-state index contributed by atoms with van der Waals surface area (Å²) >= 11 is 0. The lowest BCUT2D eigenvalue weighted by molar-refractivity contribution is -0.0802. The van der Waals surface area contributed by atoms with Crippen molar-refractivity contribution in [3.8, 4) is 0 Å². The highest BCUT2D eigenvalue weighted by Gasteiger charge is 2.10. The molecule has 4 heteroatoms. The SMILES string of the molecule is CCCCCCCCCCOCC(C)OCC(C)OCC(C)OCCCCCCCCCC. The van der Waals surface area contributed by atoms with Gasteiger partial charge in [0.05, 0.1) is 38.1 Å². The van der Waals surface area contributed by atoms with E-state index in [1.807, 2.05) is 0 Å². The van der Waals surface area contributed by atoms with Crippen LogP contribution >= 0.6 is 0 Å². The summed E-state index contributed by atoms with van der Waals surface area (Å²) in [5, 5.41) is 0. The molecule has 0 spiro atoms. The number of hydrogen-bond donors (Lipinski definition) is 0. The fraction of sp³-hybridized carbons (Fsp3) is 1.00. The van der Waals surface area contributed by atoms with Crippen LogP contribution in [0.2, 0.25) is 0 Å². The molecule has 4 nitrogen and oxygen atoms in total. The summed E-state index contributed by atoms with van der Waals surface area (Å²) < 4.78 is 23.5. The molecule has 0 heterocycles. The third-order valence-electron chi connectivity index (χ3n) is 6.13. The summed E-state index contributed by atoms with van der Waals surface area (Å²) in [5.74, 6) is 0. The Bertz CT molecular complexity index is 364. The molecule has 0 radical (unpaired) electrons.